The molecular formula is C9H13NO2S. The Balaban J connectivity index is 2.79. The molecule has 72 valence electrons. The number of hydrogen-bond acceptors (Lipinski definition) is 4. The van der Waals surface area contributed by atoms with Gasteiger partial charge in [0.05, 0.1) is 0 Å². The van der Waals surface area contributed by atoms with Crippen molar-refractivity contribution in [3.8, 4) is 0 Å². The SMILES string of the molecule is CSc1ccc(C(O)C(N)O)cc1. The number of aliphatic hydroxyl groups excluding tert-OH is 2. The molecule has 0 bridgehead atoms. The topological polar surface area (TPSA) is 66.5 Å². The molecule has 4 heteroatoms. The molecule has 0 spiro atoms. The van der Waals surface area contributed by atoms with Gasteiger partial charge in [-0.05, 0) is 24.0 Å². The highest BCUT2D eigenvalue weighted by molar-refractivity contribution is 7.98. The first-order valence-corrected chi connectivity index (χ1v) is 5.13. The molecular weight excluding hydrogens is 186 g/mol. The number of nitrogens with two attached hydrogens (primary N) is 1. The van der Waals surface area contributed by atoms with E-state index in [0.717, 1.165) is 4.90 Å². The summed E-state index contributed by atoms with van der Waals surface area (Å²) >= 11 is 1.62. The summed E-state index contributed by atoms with van der Waals surface area (Å²) in [5.41, 5.74) is 5.77. The van der Waals surface area contributed by atoms with Crippen LogP contribution in [0.15, 0.2) is 29.2 Å². The number of aliphatic hydroxyl groups is 2. The average molecular weight is 199 g/mol. The quantitative estimate of drug-likeness (QED) is 0.495. The summed E-state index contributed by atoms with van der Waals surface area (Å²) in [6.45, 7) is 0. The summed E-state index contributed by atoms with van der Waals surface area (Å²) in [6.07, 6.45) is -0.250. The normalized spacial score (nSPS) is 15.4. The van der Waals surface area contributed by atoms with E-state index in [4.69, 9.17) is 10.8 Å². The van der Waals surface area contributed by atoms with Gasteiger partial charge in [-0.15, -0.1) is 11.8 Å². The molecule has 3 nitrogen and oxygen atoms in total. The van der Waals surface area contributed by atoms with Gasteiger partial charge in [0.15, 0.2) is 0 Å². The molecule has 0 aliphatic carbocycles. The highest BCUT2D eigenvalue weighted by atomic mass is 32.2. The van der Waals surface area contributed by atoms with Crippen LogP contribution in [-0.2, 0) is 0 Å². The van der Waals surface area contributed by atoms with Gasteiger partial charge in [0.25, 0.3) is 0 Å². The van der Waals surface area contributed by atoms with Crippen LogP contribution in [0.25, 0.3) is 0 Å². The molecule has 2 unspecified atom stereocenters. The molecule has 1 aromatic rings. The largest absolute Gasteiger partial charge is 0.384 e. The van der Waals surface area contributed by atoms with E-state index in [-0.39, 0.29) is 0 Å². The van der Waals surface area contributed by atoms with Gasteiger partial charge in [0.2, 0.25) is 0 Å². The van der Waals surface area contributed by atoms with E-state index in [1.807, 2.05) is 18.4 Å². The van der Waals surface area contributed by atoms with Crippen molar-refractivity contribution in [2.75, 3.05) is 6.26 Å². The van der Waals surface area contributed by atoms with Gasteiger partial charge in [-0.25, -0.2) is 0 Å². The van der Waals surface area contributed by atoms with Gasteiger partial charge in [-0.3, -0.25) is 0 Å². The van der Waals surface area contributed by atoms with Gasteiger partial charge in [0, 0.05) is 4.90 Å². The maximum atomic E-state index is 9.38. The van der Waals surface area contributed by atoms with Crippen molar-refractivity contribution in [1.82, 2.24) is 0 Å². The first-order valence-electron chi connectivity index (χ1n) is 3.91. The summed E-state index contributed by atoms with van der Waals surface area (Å²) in [5, 5.41) is 18.3. The van der Waals surface area contributed by atoms with E-state index in [9.17, 15) is 5.11 Å². The Labute approximate surface area is 81.6 Å². The molecule has 0 saturated carbocycles. The summed E-state index contributed by atoms with van der Waals surface area (Å²) < 4.78 is 0. The number of benzene rings is 1. The van der Waals surface area contributed by atoms with Crippen LogP contribution in [0.2, 0.25) is 0 Å². The monoisotopic (exact) mass is 199 g/mol. The summed E-state index contributed by atoms with van der Waals surface area (Å²) in [4.78, 5) is 1.11. The Morgan fingerprint density at radius 2 is 1.77 bits per heavy atom. The van der Waals surface area contributed by atoms with E-state index in [1.165, 1.54) is 0 Å². The minimum absolute atomic E-state index is 0.632. The van der Waals surface area contributed by atoms with Crippen molar-refractivity contribution in [3.63, 3.8) is 0 Å². The lowest BCUT2D eigenvalue weighted by molar-refractivity contribution is 0.0227. The van der Waals surface area contributed by atoms with Crippen LogP contribution in [-0.4, -0.2) is 22.7 Å². The molecule has 0 saturated heterocycles. The molecule has 0 amide bonds. The molecule has 0 aromatic heterocycles. The van der Waals surface area contributed by atoms with Crippen molar-refractivity contribution in [1.29, 1.82) is 0 Å². The predicted octanol–water partition coefficient (Wildman–Crippen LogP) is 0.719. The van der Waals surface area contributed by atoms with Crippen molar-refractivity contribution >= 4 is 11.8 Å². The maximum Gasteiger partial charge on any atom is 0.132 e. The molecule has 1 rings (SSSR count). The fourth-order valence-corrected chi connectivity index (χ4v) is 1.41. The van der Waals surface area contributed by atoms with Gasteiger partial charge in [-0.1, -0.05) is 12.1 Å². The van der Waals surface area contributed by atoms with Crippen LogP contribution in [0.4, 0.5) is 0 Å². The first kappa shape index (κ1) is 10.5. The second-order valence-electron chi connectivity index (χ2n) is 2.71. The molecule has 0 radical (unpaired) electrons. The zero-order chi connectivity index (χ0) is 9.84. The lowest BCUT2D eigenvalue weighted by Gasteiger charge is -2.13. The average Bonchev–Trinajstić information content (AvgIpc) is 2.17. The molecule has 0 aliphatic rings. The van der Waals surface area contributed by atoms with Crippen molar-refractivity contribution in [2.45, 2.75) is 17.2 Å². The van der Waals surface area contributed by atoms with Crippen LogP contribution in [0.5, 0.6) is 0 Å². The zero-order valence-electron chi connectivity index (χ0n) is 7.34. The zero-order valence-corrected chi connectivity index (χ0v) is 8.16. The Morgan fingerprint density at radius 1 is 1.23 bits per heavy atom. The van der Waals surface area contributed by atoms with E-state index >= 15 is 0 Å². The fraction of sp³-hybridized carbons (Fsp3) is 0.333. The second kappa shape index (κ2) is 4.62. The highest BCUT2D eigenvalue weighted by Crippen LogP contribution is 2.19. The second-order valence-corrected chi connectivity index (χ2v) is 3.59. The third kappa shape index (κ3) is 2.70. The number of thioether (sulfide) groups is 1. The van der Waals surface area contributed by atoms with Gasteiger partial charge in [0.1, 0.15) is 12.3 Å². The van der Waals surface area contributed by atoms with Crippen LogP contribution in [0.1, 0.15) is 11.7 Å². The molecule has 0 aliphatic heterocycles. The van der Waals surface area contributed by atoms with E-state index in [0.29, 0.717) is 5.56 Å². The standard InChI is InChI=1S/C9H13NO2S/c1-13-7-4-2-6(3-5-7)8(11)9(10)12/h2-5,8-9,11-12H,10H2,1H3. The summed E-state index contributed by atoms with van der Waals surface area (Å²) in [7, 11) is 0. The Bertz CT molecular complexity index is 261. The van der Waals surface area contributed by atoms with E-state index in [2.05, 4.69) is 0 Å². The third-order valence-corrected chi connectivity index (χ3v) is 2.52. The van der Waals surface area contributed by atoms with Crippen molar-refractivity contribution in [2.24, 2.45) is 5.73 Å². The molecule has 0 heterocycles. The van der Waals surface area contributed by atoms with Crippen molar-refractivity contribution < 1.29 is 10.2 Å². The summed E-state index contributed by atoms with van der Waals surface area (Å²) in [5.74, 6) is 0. The lowest BCUT2D eigenvalue weighted by atomic mass is 10.1. The highest BCUT2D eigenvalue weighted by Gasteiger charge is 2.13. The minimum Gasteiger partial charge on any atom is -0.384 e. The van der Waals surface area contributed by atoms with Crippen LogP contribution < -0.4 is 5.73 Å². The molecule has 13 heavy (non-hydrogen) atoms. The molecule has 2 atom stereocenters. The van der Waals surface area contributed by atoms with Gasteiger partial charge in [-0.2, -0.15) is 0 Å². The van der Waals surface area contributed by atoms with E-state index < -0.39 is 12.3 Å². The van der Waals surface area contributed by atoms with Gasteiger partial charge >= 0.3 is 0 Å². The Morgan fingerprint density at radius 3 is 2.15 bits per heavy atom. The van der Waals surface area contributed by atoms with Crippen LogP contribution in [0, 0.1) is 0 Å². The fourth-order valence-electron chi connectivity index (χ4n) is 0.998. The molecule has 0 fully saturated rings. The third-order valence-electron chi connectivity index (χ3n) is 1.78. The first-order chi connectivity index (χ1) is 6.15. The van der Waals surface area contributed by atoms with Crippen LogP contribution in [0.3, 0.4) is 0 Å². The van der Waals surface area contributed by atoms with E-state index in [1.54, 1.807) is 23.9 Å². The predicted molar refractivity (Wildman–Crippen MR) is 53.4 cm³/mol. The maximum absolute atomic E-state index is 9.38. The van der Waals surface area contributed by atoms with Crippen LogP contribution >= 0.6 is 11.8 Å². The minimum atomic E-state index is -1.22. The smallest absolute Gasteiger partial charge is 0.132 e. The van der Waals surface area contributed by atoms with Crippen molar-refractivity contribution in [3.05, 3.63) is 29.8 Å². The molecule has 1 aromatic carbocycles. The molecule has 4 N–H and O–H groups in total. The Kier molecular flexibility index (Phi) is 3.74. The lowest BCUT2D eigenvalue weighted by Crippen LogP contribution is -2.27. The number of rotatable bonds is 3. The summed E-state index contributed by atoms with van der Waals surface area (Å²) in [6, 6.07) is 7.27. The Hall–Kier alpha value is -0.550. The number of hydrogen-bond donors (Lipinski definition) is 3. The van der Waals surface area contributed by atoms with Gasteiger partial charge < -0.3 is 15.9 Å².